The van der Waals surface area contributed by atoms with Gasteiger partial charge in [0.15, 0.2) is 29.8 Å². The minimum atomic E-state index is -0.460. The van der Waals surface area contributed by atoms with E-state index in [1.807, 2.05) is 28.9 Å². The molecule has 14 nitrogen and oxygen atoms in total. The van der Waals surface area contributed by atoms with E-state index in [0.717, 1.165) is 43.8 Å². The molecule has 2 N–H and O–H groups in total. The highest BCUT2D eigenvalue weighted by Crippen LogP contribution is 2.29. The summed E-state index contributed by atoms with van der Waals surface area (Å²) in [6.07, 6.45) is 2.18. The second kappa shape index (κ2) is 11.0. The lowest BCUT2D eigenvalue weighted by Crippen LogP contribution is -2.47. The van der Waals surface area contributed by atoms with Crippen LogP contribution in [0.25, 0.3) is 16.7 Å². The second-order valence-electron chi connectivity index (χ2n) is 9.71. The van der Waals surface area contributed by atoms with Crippen LogP contribution in [0.3, 0.4) is 0 Å². The van der Waals surface area contributed by atoms with Crippen LogP contribution in [0, 0.1) is 0 Å². The van der Waals surface area contributed by atoms with Crippen molar-refractivity contribution in [1.29, 1.82) is 0 Å². The van der Waals surface area contributed by atoms with Crippen molar-refractivity contribution in [2.75, 3.05) is 56.6 Å². The minimum Gasteiger partial charge on any atom is -0.482 e. The maximum atomic E-state index is 11.5. The molecule has 2 aliphatic heterocycles. The van der Waals surface area contributed by atoms with E-state index in [9.17, 15) is 9.59 Å². The number of ether oxygens (including phenoxy) is 3. The molecule has 40 heavy (non-hydrogen) atoms. The molecule has 2 saturated heterocycles. The molecular weight excluding hydrogens is 518 g/mol. The molecule has 3 aromatic heterocycles. The number of nitrogen functional groups attached to an aromatic ring is 1. The van der Waals surface area contributed by atoms with Crippen LogP contribution in [0.2, 0.25) is 0 Å². The first-order chi connectivity index (χ1) is 19.5. The maximum absolute atomic E-state index is 11.5. The number of aromatic nitrogens is 6. The van der Waals surface area contributed by atoms with Crippen molar-refractivity contribution in [3.8, 4) is 5.75 Å². The summed E-state index contributed by atoms with van der Waals surface area (Å²) in [5.41, 5.74) is 8.53. The van der Waals surface area contributed by atoms with Crippen LogP contribution in [0.5, 0.6) is 5.75 Å². The molecule has 4 aromatic rings. The van der Waals surface area contributed by atoms with Gasteiger partial charge in [-0.2, -0.15) is 14.6 Å². The van der Waals surface area contributed by atoms with Crippen molar-refractivity contribution in [1.82, 2.24) is 34.3 Å². The van der Waals surface area contributed by atoms with E-state index in [1.54, 1.807) is 13.1 Å². The average Bonchev–Trinajstić information content (AvgIpc) is 3.70. The quantitative estimate of drug-likeness (QED) is 0.298. The molecular formula is C26H31N9O5. The van der Waals surface area contributed by atoms with Gasteiger partial charge in [0, 0.05) is 51.3 Å². The SMILES string of the molecule is CCOC(=O)COc1ccc(N2CCN(CCn3ncc4c3nc(N)n3nc([C@H]5CCC(=O)O5)nc43)CC2)cc1. The van der Waals surface area contributed by atoms with Crippen LogP contribution in [0.4, 0.5) is 11.6 Å². The van der Waals surface area contributed by atoms with Crippen molar-refractivity contribution >= 4 is 40.3 Å². The van der Waals surface area contributed by atoms with E-state index in [2.05, 4.69) is 30.0 Å². The highest BCUT2D eigenvalue weighted by molar-refractivity contribution is 5.89. The summed E-state index contributed by atoms with van der Waals surface area (Å²) in [5, 5.41) is 9.73. The molecule has 0 saturated carbocycles. The summed E-state index contributed by atoms with van der Waals surface area (Å²) in [7, 11) is 0. The zero-order valence-corrected chi connectivity index (χ0v) is 22.2. The second-order valence-corrected chi connectivity index (χ2v) is 9.71. The number of piperazine rings is 1. The van der Waals surface area contributed by atoms with Crippen LogP contribution in [-0.4, -0.2) is 92.1 Å². The Labute approximate surface area is 229 Å². The molecule has 210 valence electrons. The van der Waals surface area contributed by atoms with Gasteiger partial charge in [-0.1, -0.05) is 0 Å². The molecule has 1 atom stereocenters. The first-order valence-electron chi connectivity index (χ1n) is 13.4. The molecule has 6 rings (SSSR count). The Morgan fingerprint density at radius 1 is 1.10 bits per heavy atom. The number of carbonyl (C=O) groups excluding carboxylic acids is 2. The van der Waals surface area contributed by atoms with Gasteiger partial charge < -0.3 is 24.8 Å². The fourth-order valence-corrected chi connectivity index (χ4v) is 5.04. The van der Waals surface area contributed by atoms with E-state index in [4.69, 9.17) is 19.9 Å². The number of anilines is 2. The van der Waals surface area contributed by atoms with Crippen molar-refractivity contribution in [3.63, 3.8) is 0 Å². The fourth-order valence-electron chi connectivity index (χ4n) is 5.04. The van der Waals surface area contributed by atoms with Crippen LogP contribution in [-0.2, 0) is 25.6 Å². The summed E-state index contributed by atoms with van der Waals surface area (Å²) in [6.45, 7) is 7.08. The van der Waals surface area contributed by atoms with Crippen LogP contribution >= 0.6 is 0 Å². The molecule has 5 heterocycles. The van der Waals surface area contributed by atoms with E-state index in [0.29, 0.717) is 48.9 Å². The summed E-state index contributed by atoms with van der Waals surface area (Å²) in [5.74, 6) is 0.649. The number of rotatable bonds is 9. The molecule has 1 aromatic carbocycles. The van der Waals surface area contributed by atoms with Gasteiger partial charge in [-0.05, 0) is 31.2 Å². The highest BCUT2D eigenvalue weighted by Gasteiger charge is 2.29. The Kier molecular flexibility index (Phi) is 7.07. The molecule has 14 heteroatoms. The van der Waals surface area contributed by atoms with Gasteiger partial charge >= 0.3 is 11.9 Å². The van der Waals surface area contributed by atoms with Crippen LogP contribution in [0.15, 0.2) is 30.5 Å². The van der Waals surface area contributed by atoms with Crippen LogP contribution in [0.1, 0.15) is 31.7 Å². The zero-order valence-electron chi connectivity index (χ0n) is 22.2. The zero-order chi connectivity index (χ0) is 27.6. The number of hydrogen-bond acceptors (Lipinski definition) is 12. The Balaban J connectivity index is 1.05. The molecule has 0 spiro atoms. The number of nitrogens with zero attached hydrogens (tertiary/aromatic N) is 8. The normalized spacial score (nSPS) is 18.0. The lowest BCUT2D eigenvalue weighted by Gasteiger charge is -2.36. The minimum absolute atomic E-state index is 0.0952. The van der Waals surface area contributed by atoms with Gasteiger partial charge in [-0.3, -0.25) is 9.69 Å². The lowest BCUT2D eigenvalue weighted by atomic mass is 10.2. The smallest absolute Gasteiger partial charge is 0.344 e. The number of hydrogen-bond donors (Lipinski definition) is 1. The Morgan fingerprint density at radius 2 is 1.90 bits per heavy atom. The molecule has 0 amide bonds. The Bertz CT molecular complexity index is 1530. The number of cyclic esters (lactones) is 1. The van der Waals surface area contributed by atoms with Crippen LogP contribution < -0.4 is 15.4 Å². The van der Waals surface area contributed by atoms with Gasteiger partial charge in [0.1, 0.15) is 5.75 Å². The van der Waals surface area contributed by atoms with Gasteiger partial charge in [-0.25, -0.2) is 14.5 Å². The summed E-state index contributed by atoms with van der Waals surface area (Å²) >= 11 is 0. The van der Waals surface area contributed by atoms with Gasteiger partial charge in [0.05, 0.1) is 24.7 Å². The summed E-state index contributed by atoms with van der Waals surface area (Å²) in [6, 6.07) is 7.76. The van der Waals surface area contributed by atoms with Gasteiger partial charge in [0.25, 0.3) is 0 Å². The summed E-state index contributed by atoms with van der Waals surface area (Å²) in [4.78, 5) is 36.9. The third-order valence-electron chi connectivity index (χ3n) is 7.15. The van der Waals surface area contributed by atoms with E-state index >= 15 is 0 Å². The third-order valence-corrected chi connectivity index (χ3v) is 7.15. The lowest BCUT2D eigenvalue weighted by molar-refractivity contribution is -0.145. The monoisotopic (exact) mass is 549 g/mol. The van der Waals surface area contributed by atoms with Gasteiger partial charge in [0.2, 0.25) is 5.95 Å². The average molecular weight is 550 g/mol. The van der Waals surface area contributed by atoms with Gasteiger partial charge in [-0.15, -0.1) is 5.10 Å². The van der Waals surface area contributed by atoms with Crippen molar-refractivity contribution < 1.29 is 23.8 Å². The maximum Gasteiger partial charge on any atom is 0.344 e. The molecule has 0 aliphatic carbocycles. The number of fused-ring (bicyclic) bond motifs is 3. The van der Waals surface area contributed by atoms with Crippen molar-refractivity contribution in [2.45, 2.75) is 32.4 Å². The third kappa shape index (κ3) is 5.21. The molecule has 0 unspecified atom stereocenters. The Morgan fingerprint density at radius 3 is 2.62 bits per heavy atom. The number of esters is 2. The van der Waals surface area contributed by atoms with E-state index in [1.165, 1.54) is 4.52 Å². The number of nitrogens with two attached hydrogens (primary N) is 1. The van der Waals surface area contributed by atoms with Crippen molar-refractivity contribution in [3.05, 3.63) is 36.3 Å². The molecule has 2 fully saturated rings. The molecule has 0 radical (unpaired) electrons. The highest BCUT2D eigenvalue weighted by atomic mass is 16.6. The van der Waals surface area contributed by atoms with Crippen molar-refractivity contribution in [2.24, 2.45) is 0 Å². The standard InChI is InChI=1S/C26H31N9O5/c1-2-38-22(37)16-39-18-5-3-17(4-6-18)33-12-9-32(10-13-33)11-14-34-24-19(15-28-34)25-29-23(20-7-8-21(36)40-20)31-35(25)26(27)30-24/h3-6,15,20H,2,7-14,16H2,1H3,(H2,27,30)/t20-/m1/s1. The molecule has 0 bridgehead atoms. The van der Waals surface area contributed by atoms with E-state index in [-0.39, 0.29) is 24.5 Å². The van der Waals surface area contributed by atoms with E-state index < -0.39 is 6.10 Å². The number of carbonyl (C=O) groups is 2. The first-order valence-corrected chi connectivity index (χ1v) is 13.4. The predicted molar refractivity (Wildman–Crippen MR) is 144 cm³/mol. The topological polar surface area (TPSA) is 155 Å². The fraction of sp³-hybridized carbons (Fsp3) is 0.462. The summed E-state index contributed by atoms with van der Waals surface area (Å²) < 4.78 is 19.0. The number of benzene rings is 1. The Hall–Kier alpha value is -4.46. The molecule has 2 aliphatic rings. The predicted octanol–water partition coefficient (Wildman–Crippen LogP) is 1.20. The largest absolute Gasteiger partial charge is 0.482 e. The first kappa shape index (κ1) is 25.8.